The Morgan fingerprint density at radius 3 is 2.62 bits per heavy atom. The van der Waals surface area contributed by atoms with E-state index >= 15 is 0 Å². The normalized spacial score (nSPS) is 10.8. The highest BCUT2D eigenvalue weighted by Crippen LogP contribution is 2.24. The minimum absolute atomic E-state index is 0.0450. The van der Waals surface area contributed by atoms with Crippen LogP contribution < -0.4 is 5.32 Å². The van der Waals surface area contributed by atoms with E-state index < -0.39 is 0 Å². The van der Waals surface area contributed by atoms with E-state index in [4.69, 9.17) is 0 Å². The van der Waals surface area contributed by atoms with Gasteiger partial charge in [-0.2, -0.15) is 0 Å². The molecule has 0 radical (unpaired) electrons. The Kier molecular flexibility index (Phi) is 6.41. The van der Waals surface area contributed by atoms with Gasteiger partial charge in [-0.25, -0.2) is 0 Å². The number of carbonyl (C=O) groups is 2. The number of aromatic nitrogens is 1. The summed E-state index contributed by atoms with van der Waals surface area (Å²) < 4.78 is 4.60. The molecule has 130 valence electrons. The fourth-order valence-corrected chi connectivity index (χ4v) is 2.82. The number of amides is 1. The van der Waals surface area contributed by atoms with Crippen molar-refractivity contribution in [2.75, 3.05) is 13.7 Å². The lowest BCUT2D eigenvalue weighted by molar-refractivity contribution is -0.140. The number of esters is 1. The molecular formula is C19H26N2O3. The van der Waals surface area contributed by atoms with Crippen molar-refractivity contribution < 1.29 is 14.3 Å². The first-order valence-electron chi connectivity index (χ1n) is 8.47. The summed E-state index contributed by atoms with van der Waals surface area (Å²) in [5.41, 5.74) is 3.87. The van der Waals surface area contributed by atoms with Gasteiger partial charge in [0.05, 0.1) is 18.2 Å². The maximum absolute atomic E-state index is 12.4. The molecule has 0 saturated carbocycles. The van der Waals surface area contributed by atoms with Crippen LogP contribution >= 0.6 is 0 Å². The number of fused-ring (bicyclic) bond motifs is 1. The highest BCUT2D eigenvalue weighted by molar-refractivity contribution is 6.06. The molecule has 1 heterocycles. The van der Waals surface area contributed by atoms with E-state index in [1.807, 2.05) is 25.1 Å². The fourth-order valence-electron chi connectivity index (χ4n) is 2.82. The van der Waals surface area contributed by atoms with E-state index in [0.717, 1.165) is 42.3 Å². The molecule has 2 rings (SSSR count). The van der Waals surface area contributed by atoms with E-state index in [2.05, 4.69) is 22.0 Å². The fraction of sp³-hybridized carbons (Fsp3) is 0.474. The molecule has 5 nitrogen and oxygen atoms in total. The second-order valence-electron chi connectivity index (χ2n) is 6.10. The summed E-state index contributed by atoms with van der Waals surface area (Å²) in [5, 5.41) is 4.08. The SMILES string of the molecule is COC(=O)CCCCCCNC(=O)c1cccc2c(C)c(C)[nH]c12. The molecule has 0 aliphatic rings. The first-order valence-corrected chi connectivity index (χ1v) is 8.47. The summed E-state index contributed by atoms with van der Waals surface area (Å²) >= 11 is 0. The summed E-state index contributed by atoms with van der Waals surface area (Å²) in [7, 11) is 1.41. The second-order valence-corrected chi connectivity index (χ2v) is 6.10. The van der Waals surface area contributed by atoms with Gasteiger partial charge in [0, 0.05) is 24.0 Å². The van der Waals surface area contributed by atoms with Gasteiger partial charge in [-0.1, -0.05) is 25.0 Å². The summed E-state index contributed by atoms with van der Waals surface area (Å²) in [6.45, 7) is 4.72. The maximum Gasteiger partial charge on any atom is 0.305 e. The number of methoxy groups -OCH3 is 1. The molecule has 0 spiro atoms. The van der Waals surface area contributed by atoms with Crippen LogP contribution in [0.5, 0.6) is 0 Å². The lowest BCUT2D eigenvalue weighted by atomic mass is 10.1. The molecule has 0 bridgehead atoms. The monoisotopic (exact) mass is 330 g/mol. The quantitative estimate of drug-likeness (QED) is 0.573. The van der Waals surface area contributed by atoms with Crippen LogP contribution in [0.25, 0.3) is 10.9 Å². The van der Waals surface area contributed by atoms with Crippen LogP contribution in [0, 0.1) is 13.8 Å². The molecule has 24 heavy (non-hydrogen) atoms. The van der Waals surface area contributed by atoms with Crippen LogP contribution in [0.3, 0.4) is 0 Å². The predicted octanol–water partition coefficient (Wildman–Crippen LogP) is 3.64. The zero-order valence-electron chi connectivity index (χ0n) is 14.7. The van der Waals surface area contributed by atoms with Gasteiger partial charge in [0.1, 0.15) is 0 Å². The smallest absolute Gasteiger partial charge is 0.305 e. The molecule has 5 heteroatoms. The van der Waals surface area contributed by atoms with Crippen molar-refractivity contribution in [1.29, 1.82) is 0 Å². The van der Waals surface area contributed by atoms with Gasteiger partial charge in [-0.3, -0.25) is 9.59 Å². The number of para-hydroxylation sites is 1. The Labute approximate surface area is 142 Å². The molecule has 1 aromatic heterocycles. The Balaban J connectivity index is 1.79. The Bertz CT molecular complexity index is 719. The zero-order chi connectivity index (χ0) is 17.5. The average Bonchev–Trinajstić information content (AvgIpc) is 2.88. The van der Waals surface area contributed by atoms with Crippen molar-refractivity contribution in [2.24, 2.45) is 0 Å². The van der Waals surface area contributed by atoms with E-state index in [-0.39, 0.29) is 11.9 Å². The van der Waals surface area contributed by atoms with E-state index in [1.54, 1.807) is 0 Å². The van der Waals surface area contributed by atoms with Crippen LogP contribution in [0.4, 0.5) is 0 Å². The number of unbranched alkanes of at least 4 members (excludes halogenated alkanes) is 3. The first-order chi connectivity index (χ1) is 11.5. The van der Waals surface area contributed by atoms with Gasteiger partial charge in [0.15, 0.2) is 0 Å². The Morgan fingerprint density at radius 1 is 1.12 bits per heavy atom. The number of hydrogen-bond acceptors (Lipinski definition) is 3. The van der Waals surface area contributed by atoms with Crippen LogP contribution in [-0.2, 0) is 9.53 Å². The Hall–Kier alpha value is -2.30. The number of rotatable bonds is 8. The van der Waals surface area contributed by atoms with Crippen molar-refractivity contribution in [1.82, 2.24) is 10.3 Å². The van der Waals surface area contributed by atoms with Crippen molar-refractivity contribution in [2.45, 2.75) is 46.0 Å². The van der Waals surface area contributed by atoms with E-state index in [1.165, 1.54) is 12.7 Å². The molecule has 0 fully saturated rings. The topological polar surface area (TPSA) is 71.2 Å². The van der Waals surface area contributed by atoms with Crippen LogP contribution in [0.15, 0.2) is 18.2 Å². The third-order valence-corrected chi connectivity index (χ3v) is 4.41. The number of H-pyrrole nitrogens is 1. The number of aryl methyl sites for hydroxylation is 2. The molecule has 0 aliphatic heterocycles. The van der Waals surface area contributed by atoms with Crippen molar-refractivity contribution >= 4 is 22.8 Å². The molecule has 1 aromatic carbocycles. The maximum atomic E-state index is 12.4. The number of nitrogens with one attached hydrogen (secondary N) is 2. The van der Waals surface area contributed by atoms with E-state index in [0.29, 0.717) is 18.5 Å². The highest BCUT2D eigenvalue weighted by atomic mass is 16.5. The number of carbonyl (C=O) groups excluding carboxylic acids is 2. The molecule has 0 saturated heterocycles. The van der Waals surface area contributed by atoms with Gasteiger partial charge in [0.2, 0.25) is 0 Å². The largest absolute Gasteiger partial charge is 0.469 e. The molecule has 0 unspecified atom stereocenters. The standard InChI is InChI=1S/C19H26N2O3/c1-13-14(2)21-18-15(13)9-8-10-16(18)19(23)20-12-7-5-4-6-11-17(22)24-3/h8-10,21H,4-7,11-12H2,1-3H3,(H,20,23). The summed E-state index contributed by atoms with van der Waals surface area (Å²) in [6.07, 6.45) is 4.17. The van der Waals surface area contributed by atoms with E-state index in [9.17, 15) is 9.59 Å². The molecule has 1 amide bonds. The summed E-state index contributed by atoms with van der Waals surface area (Å²) in [6, 6.07) is 5.81. The molecule has 0 atom stereocenters. The summed E-state index contributed by atoms with van der Waals surface area (Å²) in [4.78, 5) is 26.7. The van der Waals surface area contributed by atoms with Gasteiger partial charge in [0.25, 0.3) is 5.91 Å². The summed E-state index contributed by atoms with van der Waals surface area (Å²) in [5.74, 6) is -0.204. The molecule has 0 aliphatic carbocycles. The third kappa shape index (κ3) is 4.37. The molecule has 2 aromatic rings. The first kappa shape index (κ1) is 18.0. The van der Waals surface area contributed by atoms with Crippen molar-refractivity contribution in [3.8, 4) is 0 Å². The predicted molar refractivity (Wildman–Crippen MR) is 95.2 cm³/mol. The minimum Gasteiger partial charge on any atom is -0.469 e. The van der Waals surface area contributed by atoms with Crippen molar-refractivity contribution in [3.63, 3.8) is 0 Å². The average molecular weight is 330 g/mol. The number of hydrogen-bond donors (Lipinski definition) is 2. The zero-order valence-corrected chi connectivity index (χ0v) is 14.7. The number of ether oxygens (including phenoxy) is 1. The van der Waals surface area contributed by atoms with Crippen molar-refractivity contribution in [3.05, 3.63) is 35.0 Å². The van der Waals surface area contributed by atoms with Gasteiger partial charge < -0.3 is 15.0 Å². The Morgan fingerprint density at radius 2 is 1.88 bits per heavy atom. The van der Waals surface area contributed by atoms with Crippen LogP contribution in [0.1, 0.15) is 53.7 Å². The third-order valence-electron chi connectivity index (χ3n) is 4.41. The minimum atomic E-state index is -0.159. The number of aromatic amines is 1. The highest BCUT2D eigenvalue weighted by Gasteiger charge is 2.13. The van der Waals surface area contributed by atoms with Gasteiger partial charge >= 0.3 is 5.97 Å². The van der Waals surface area contributed by atoms with Crippen LogP contribution in [0.2, 0.25) is 0 Å². The van der Waals surface area contributed by atoms with Crippen LogP contribution in [-0.4, -0.2) is 30.5 Å². The number of benzene rings is 1. The molecule has 2 N–H and O–H groups in total. The molecular weight excluding hydrogens is 304 g/mol. The lowest BCUT2D eigenvalue weighted by Gasteiger charge is -2.06. The lowest BCUT2D eigenvalue weighted by Crippen LogP contribution is -2.24. The second kappa shape index (κ2) is 8.52. The van der Waals surface area contributed by atoms with Gasteiger partial charge in [-0.05, 0) is 38.3 Å². The van der Waals surface area contributed by atoms with Gasteiger partial charge in [-0.15, -0.1) is 0 Å².